The number of benzene rings is 3. The molecule has 0 atom stereocenters. The number of aryl methyl sites for hydroxylation is 2. The van der Waals surface area contributed by atoms with Crippen LogP contribution in [-0.4, -0.2) is 51.2 Å². The van der Waals surface area contributed by atoms with E-state index in [4.69, 9.17) is 9.47 Å². The van der Waals surface area contributed by atoms with Crippen molar-refractivity contribution in [1.29, 1.82) is 0 Å². The normalized spacial score (nSPS) is 14.5. The van der Waals surface area contributed by atoms with Crippen molar-refractivity contribution in [3.05, 3.63) is 88.0 Å². The highest BCUT2D eigenvalue weighted by Gasteiger charge is 2.32. The van der Waals surface area contributed by atoms with Gasteiger partial charge in [0.25, 0.3) is 5.91 Å². The van der Waals surface area contributed by atoms with E-state index in [2.05, 4.69) is 4.98 Å². The zero-order valence-corrected chi connectivity index (χ0v) is 21.5. The highest BCUT2D eigenvalue weighted by molar-refractivity contribution is 6.03. The van der Waals surface area contributed by atoms with Crippen LogP contribution >= 0.6 is 0 Å². The fraction of sp³-hybridized carbons (Fsp3) is 0.233. The second kappa shape index (κ2) is 8.78. The maximum Gasteiger partial charge on any atom is 0.259 e. The van der Waals surface area contributed by atoms with Crippen LogP contribution in [0.25, 0.3) is 33.1 Å². The lowest BCUT2D eigenvalue weighted by Crippen LogP contribution is -2.42. The molecular formula is C30H25FN4O4. The van der Waals surface area contributed by atoms with Gasteiger partial charge in [-0.05, 0) is 24.4 Å². The fourth-order valence-corrected chi connectivity index (χ4v) is 5.70. The van der Waals surface area contributed by atoms with Crippen LogP contribution in [0.1, 0.15) is 28.8 Å². The van der Waals surface area contributed by atoms with E-state index < -0.39 is 17.2 Å². The molecule has 5 aromatic rings. The fourth-order valence-electron chi connectivity index (χ4n) is 5.70. The number of fused-ring (bicyclic) bond motifs is 4. The number of pyridine rings is 1. The summed E-state index contributed by atoms with van der Waals surface area (Å²) in [4.78, 5) is 33.5. The van der Waals surface area contributed by atoms with Crippen molar-refractivity contribution in [1.82, 2.24) is 19.0 Å². The van der Waals surface area contributed by atoms with E-state index in [1.54, 1.807) is 21.9 Å². The summed E-state index contributed by atoms with van der Waals surface area (Å²) in [5.74, 6) is 0.358. The van der Waals surface area contributed by atoms with Crippen LogP contribution in [0.3, 0.4) is 0 Å². The number of nitrogens with zero attached hydrogens (tertiary/aromatic N) is 4. The van der Waals surface area contributed by atoms with Crippen molar-refractivity contribution in [3.8, 4) is 22.9 Å². The standard InChI is InChI=1S/C30H25FN4O4/c1-3-24-32-15-17(2)35(24)27-22(31)14-20-26-29(27)39-23-9-8-18-6-4-5-7-19(18)25(23)34(26)16-21(28(20)36)30(37)33-10-12-38-13-11-33/h4-9,14-16H,3,10-13H2,1-2H3. The molecule has 196 valence electrons. The van der Waals surface area contributed by atoms with Crippen LogP contribution in [0, 0.1) is 12.7 Å². The molecule has 0 bridgehead atoms. The molecule has 7 rings (SSSR count). The summed E-state index contributed by atoms with van der Waals surface area (Å²) in [5.41, 5.74) is 1.48. The lowest BCUT2D eigenvalue weighted by molar-refractivity contribution is 0.0302. The van der Waals surface area contributed by atoms with Gasteiger partial charge in [-0.1, -0.05) is 37.3 Å². The van der Waals surface area contributed by atoms with Gasteiger partial charge in [-0.15, -0.1) is 0 Å². The zero-order valence-electron chi connectivity index (χ0n) is 21.5. The van der Waals surface area contributed by atoms with Gasteiger partial charge in [0.05, 0.1) is 24.3 Å². The van der Waals surface area contributed by atoms with Crippen molar-refractivity contribution in [2.45, 2.75) is 20.3 Å². The highest BCUT2D eigenvalue weighted by atomic mass is 19.1. The van der Waals surface area contributed by atoms with Crippen LogP contribution in [0.5, 0.6) is 11.5 Å². The average molecular weight is 525 g/mol. The molecule has 1 saturated heterocycles. The minimum Gasteiger partial charge on any atom is -0.451 e. The van der Waals surface area contributed by atoms with Crippen molar-refractivity contribution < 1.29 is 18.7 Å². The Morgan fingerprint density at radius 2 is 1.87 bits per heavy atom. The predicted molar refractivity (Wildman–Crippen MR) is 145 cm³/mol. The van der Waals surface area contributed by atoms with Gasteiger partial charge in [0, 0.05) is 43.0 Å². The summed E-state index contributed by atoms with van der Waals surface area (Å²) < 4.78 is 31.5. The van der Waals surface area contributed by atoms with Gasteiger partial charge in [-0.2, -0.15) is 0 Å². The summed E-state index contributed by atoms with van der Waals surface area (Å²) in [6, 6.07) is 12.8. The molecule has 0 N–H and O–H groups in total. The number of amides is 1. The topological polar surface area (TPSA) is 78.6 Å². The molecule has 1 amide bonds. The number of hydrogen-bond donors (Lipinski definition) is 0. The van der Waals surface area contributed by atoms with E-state index in [0.717, 1.165) is 16.5 Å². The molecule has 4 heterocycles. The zero-order chi connectivity index (χ0) is 26.8. The van der Waals surface area contributed by atoms with E-state index in [-0.39, 0.29) is 22.4 Å². The maximum absolute atomic E-state index is 16.1. The first-order valence-corrected chi connectivity index (χ1v) is 13.0. The lowest BCUT2D eigenvalue weighted by atomic mass is 10.0. The van der Waals surface area contributed by atoms with Crippen molar-refractivity contribution in [2.24, 2.45) is 0 Å². The highest BCUT2D eigenvalue weighted by Crippen LogP contribution is 2.47. The Labute approximate surface area is 222 Å². The van der Waals surface area contributed by atoms with E-state index in [1.165, 1.54) is 6.07 Å². The Balaban J connectivity index is 1.61. The number of carbonyl (C=O) groups excluding carboxylic acids is 1. The van der Waals surface area contributed by atoms with Gasteiger partial charge >= 0.3 is 0 Å². The quantitative estimate of drug-likeness (QED) is 0.329. The third-order valence-corrected chi connectivity index (χ3v) is 7.57. The van der Waals surface area contributed by atoms with Gasteiger partial charge < -0.3 is 18.9 Å². The van der Waals surface area contributed by atoms with E-state index in [1.807, 2.05) is 54.8 Å². The molecule has 0 aliphatic carbocycles. The largest absolute Gasteiger partial charge is 0.451 e. The molecule has 2 aliphatic heterocycles. The molecule has 2 aliphatic rings. The Hall–Kier alpha value is -4.50. The van der Waals surface area contributed by atoms with Gasteiger partial charge in [0.1, 0.15) is 22.6 Å². The molecule has 1 fully saturated rings. The maximum atomic E-state index is 16.1. The first kappa shape index (κ1) is 23.6. The lowest BCUT2D eigenvalue weighted by Gasteiger charge is -2.29. The first-order chi connectivity index (χ1) is 19.0. The molecule has 0 radical (unpaired) electrons. The third kappa shape index (κ3) is 3.43. The first-order valence-electron chi connectivity index (χ1n) is 13.0. The molecule has 3 aromatic carbocycles. The number of aromatic nitrogens is 3. The van der Waals surface area contributed by atoms with Crippen molar-refractivity contribution in [2.75, 3.05) is 26.3 Å². The molecule has 0 spiro atoms. The number of carbonyl (C=O) groups is 1. The number of imidazole rings is 1. The number of halogens is 1. The van der Waals surface area contributed by atoms with Crippen LogP contribution in [0.4, 0.5) is 4.39 Å². The smallest absolute Gasteiger partial charge is 0.259 e. The van der Waals surface area contributed by atoms with Crippen LogP contribution in [-0.2, 0) is 11.2 Å². The summed E-state index contributed by atoms with van der Waals surface area (Å²) in [6.45, 7) is 5.38. The second-order valence-corrected chi connectivity index (χ2v) is 9.82. The summed E-state index contributed by atoms with van der Waals surface area (Å²) in [6.07, 6.45) is 3.85. The molecule has 9 heteroatoms. The summed E-state index contributed by atoms with van der Waals surface area (Å²) >= 11 is 0. The predicted octanol–water partition coefficient (Wildman–Crippen LogP) is 4.92. The van der Waals surface area contributed by atoms with Gasteiger partial charge in [-0.3, -0.25) is 14.2 Å². The van der Waals surface area contributed by atoms with E-state index in [9.17, 15) is 9.59 Å². The average Bonchev–Trinajstić information content (AvgIpc) is 3.33. The summed E-state index contributed by atoms with van der Waals surface area (Å²) in [5, 5.41) is 1.94. The molecule has 2 aromatic heterocycles. The van der Waals surface area contributed by atoms with Crippen molar-refractivity contribution in [3.63, 3.8) is 0 Å². The Morgan fingerprint density at radius 1 is 1.08 bits per heavy atom. The number of morpholine rings is 1. The van der Waals surface area contributed by atoms with Crippen LogP contribution in [0.2, 0.25) is 0 Å². The van der Waals surface area contributed by atoms with Gasteiger partial charge in [-0.25, -0.2) is 9.37 Å². The minimum atomic E-state index is -0.628. The molecule has 8 nitrogen and oxygen atoms in total. The van der Waals surface area contributed by atoms with Crippen LogP contribution < -0.4 is 10.2 Å². The van der Waals surface area contributed by atoms with Crippen LogP contribution in [0.15, 0.2) is 59.7 Å². The Bertz CT molecular complexity index is 1880. The number of rotatable bonds is 3. The second-order valence-electron chi connectivity index (χ2n) is 9.82. The van der Waals surface area contributed by atoms with Gasteiger partial charge in [0.15, 0.2) is 17.3 Å². The molecule has 0 saturated carbocycles. The minimum absolute atomic E-state index is 0.0173. The van der Waals surface area contributed by atoms with Crippen molar-refractivity contribution >= 4 is 27.6 Å². The number of hydrogen-bond acceptors (Lipinski definition) is 5. The third-order valence-electron chi connectivity index (χ3n) is 7.57. The monoisotopic (exact) mass is 524 g/mol. The molecule has 39 heavy (non-hydrogen) atoms. The SMILES string of the molecule is CCc1ncc(C)n1-c1c(F)cc2c(=O)c(C(=O)N3CCOCC3)cn3c2c1Oc1ccc2ccccc2c1-3. The Morgan fingerprint density at radius 3 is 2.67 bits per heavy atom. The molecule has 0 unspecified atom stereocenters. The molecular weight excluding hydrogens is 499 g/mol. The Kier molecular flexibility index (Phi) is 5.31. The van der Waals surface area contributed by atoms with Gasteiger partial charge in [0.2, 0.25) is 5.43 Å². The van der Waals surface area contributed by atoms with E-state index >= 15 is 4.39 Å². The summed E-state index contributed by atoms with van der Waals surface area (Å²) in [7, 11) is 0. The van der Waals surface area contributed by atoms with E-state index in [0.29, 0.717) is 55.5 Å². The number of ether oxygens (including phenoxy) is 2.